The molecular weight excluding hydrogens is 452 g/mol. The maximum Gasteiger partial charge on any atom is 0.326 e. The van der Waals surface area contributed by atoms with Gasteiger partial charge in [0.1, 0.15) is 11.9 Å². The van der Waals surface area contributed by atoms with E-state index < -0.39 is 12.0 Å². The number of carbonyl (C=O) groups is 2. The molecule has 5 rings (SSSR count). The van der Waals surface area contributed by atoms with Crippen molar-refractivity contribution in [3.05, 3.63) is 59.3 Å². The van der Waals surface area contributed by atoms with Crippen molar-refractivity contribution < 1.29 is 14.7 Å². The quantitative estimate of drug-likeness (QED) is 0.368. The summed E-state index contributed by atoms with van der Waals surface area (Å²) in [6.07, 6.45) is 8.98. The van der Waals surface area contributed by atoms with E-state index in [9.17, 15) is 14.7 Å². The number of aryl methyl sites for hydroxylation is 2. The molecule has 0 spiro atoms. The van der Waals surface area contributed by atoms with Crippen LogP contribution in [0.4, 0.5) is 5.82 Å². The number of nitrogens with one attached hydrogen (secondary N) is 2. The van der Waals surface area contributed by atoms with Crippen molar-refractivity contribution in [2.24, 2.45) is 5.92 Å². The third kappa shape index (κ3) is 6.44. The number of aliphatic carboxylic acids is 1. The molecule has 36 heavy (non-hydrogen) atoms. The minimum absolute atomic E-state index is 0.110. The largest absolute Gasteiger partial charge is 0.480 e. The third-order valence-corrected chi connectivity index (χ3v) is 7.82. The molecule has 0 radical (unpaired) electrons. The molecule has 2 aromatic rings. The summed E-state index contributed by atoms with van der Waals surface area (Å²) in [4.78, 5) is 31.9. The Kier molecular flexibility index (Phi) is 7.85. The summed E-state index contributed by atoms with van der Waals surface area (Å²) in [6, 6.07) is 14.1. The summed E-state index contributed by atoms with van der Waals surface area (Å²) in [5.41, 5.74) is 3.62. The Hall–Kier alpha value is -2.93. The highest BCUT2D eigenvalue weighted by molar-refractivity contribution is 5.87. The van der Waals surface area contributed by atoms with E-state index in [4.69, 9.17) is 4.98 Å². The summed E-state index contributed by atoms with van der Waals surface area (Å²) in [5.74, 6) is 0.0935. The van der Waals surface area contributed by atoms with Gasteiger partial charge in [0, 0.05) is 30.7 Å². The number of unbranched alkanes of at least 4 members (excludes halogenated alkanes) is 1. The van der Waals surface area contributed by atoms with Gasteiger partial charge in [-0.1, -0.05) is 36.4 Å². The number of nitrogens with zero attached hydrogens (tertiary/aromatic N) is 2. The van der Waals surface area contributed by atoms with Gasteiger partial charge in [-0.25, -0.2) is 9.78 Å². The monoisotopic (exact) mass is 490 g/mol. The molecule has 2 fully saturated rings. The van der Waals surface area contributed by atoms with Gasteiger partial charge in [0.05, 0.1) is 0 Å². The predicted octanol–water partition coefficient (Wildman–Crippen LogP) is 3.99. The van der Waals surface area contributed by atoms with Crippen molar-refractivity contribution in [2.75, 3.05) is 25.0 Å². The van der Waals surface area contributed by atoms with E-state index in [0.717, 1.165) is 62.3 Å². The highest BCUT2D eigenvalue weighted by Gasteiger charge is 2.44. The van der Waals surface area contributed by atoms with Crippen LogP contribution in [0.5, 0.6) is 0 Å². The lowest BCUT2D eigenvalue weighted by Gasteiger charge is -2.24. The molecule has 192 valence electrons. The molecule has 3 unspecified atom stereocenters. The van der Waals surface area contributed by atoms with E-state index in [1.807, 2.05) is 30.3 Å². The van der Waals surface area contributed by atoms with Gasteiger partial charge in [0.2, 0.25) is 5.91 Å². The fourth-order valence-corrected chi connectivity index (χ4v) is 5.43. The number of pyridine rings is 1. The number of aromatic nitrogens is 1. The molecule has 3 atom stereocenters. The Morgan fingerprint density at radius 2 is 1.94 bits per heavy atom. The molecule has 2 heterocycles. The van der Waals surface area contributed by atoms with Crippen molar-refractivity contribution in [1.82, 2.24) is 15.2 Å². The molecule has 7 heteroatoms. The van der Waals surface area contributed by atoms with Crippen molar-refractivity contribution in [1.29, 1.82) is 0 Å². The second-order valence-corrected chi connectivity index (χ2v) is 10.6. The highest BCUT2D eigenvalue weighted by Crippen LogP contribution is 2.47. The summed E-state index contributed by atoms with van der Waals surface area (Å²) < 4.78 is 0. The number of hydrogen-bond donors (Lipinski definition) is 3. The molecular formula is C29H38N4O3. The van der Waals surface area contributed by atoms with E-state index in [2.05, 4.69) is 27.7 Å². The zero-order valence-electron chi connectivity index (χ0n) is 21.0. The van der Waals surface area contributed by atoms with Gasteiger partial charge in [0.15, 0.2) is 0 Å². The predicted molar refractivity (Wildman–Crippen MR) is 140 cm³/mol. The lowest BCUT2D eigenvalue weighted by Crippen LogP contribution is -2.44. The fraction of sp³-hybridized carbons (Fsp3) is 0.552. The molecule has 0 bridgehead atoms. The fourth-order valence-electron chi connectivity index (χ4n) is 5.43. The van der Waals surface area contributed by atoms with Crippen molar-refractivity contribution in [2.45, 2.75) is 75.8 Å². The van der Waals surface area contributed by atoms with Gasteiger partial charge in [-0.15, -0.1) is 0 Å². The highest BCUT2D eigenvalue weighted by atomic mass is 16.4. The van der Waals surface area contributed by atoms with Gasteiger partial charge in [-0.2, -0.15) is 0 Å². The molecule has 2 saturated carbocycles. The summed E-state index contributed by atoms with van der Waals surface area (Å²) in [5, 5.41) is 16.0. The standard InChI is InChI=1S/C29H38N4O3/c34-28(25-19-24(25)20-7-2-1-3-8-20)32-26(29(35)36)15-18-33(23-13-14-23)17-5-4-10-22-12-11-21-9-6-16-30-27(21)31-22/h1-3,7-8,11-12,23-26H,4-6,9-10,13-19H2,(H,30,31)(H,32,34)(H,35,36). The Bertz CT molecular complexity index is 1060. The number of rotatable bonds is 13. The number of carbonyl (C=O) groups excluding carboxylic acids is 1. The summed E-state index contributed by atoms with van der Waals surface area (Å²) in [7, 11) is 0. The topological polar surface area (TPSA) is 94.6 Å². The number of benzene rings is 1. The molecule has 7 nitrogen and oxygen atoms in total. The molecule has 3 aliphatic rings. The maximum atomic E-state index is 12.7. The van der Waals surface area contributed by atoms with E-state index >= 15 is 0 Å². The first kappa shape index (κ1) is 24.8. The van der Waals surface area contributed by atoms with E-state index in [-0.39, 0.29) is 17.7 Å². The molecule has 3 N–H and O–H groups in total. The molecule has 0 saturated heterocycles. The number of amides is 1. The van der Waals surface area contributed by atoms with Crippen LogP contribution in [-0.2, 0) is 22.4 Å². The van der Waals surface area contributed by atoms with Gasteiger partial charge in [0.25, 0.3) is 0 Å². The lowest BCUT2D eigenvalue weighted by molar-refractivity contribution is -0.142. The van der Waals surface area contributed by atoms with Crippen LogP contribution in [-0.4, -0.2) is 58.6 Å². The second kappa shape index (κ2) is 11.4. The first-order valence-corrected chi connectivity index (χ1v) is 13.6. The summed E-state index contributed by atoms with van der Waals surface area (Å²) in [6.45, 7) is 2.68. The van der Waals surface area contributed by atoms with E-state index in [1.165, 1.54) is 24.8 Å². The first-order chi connectivity index (χ1) is 17.6. The number of anilines is 1. The minimum atomic E-state index is -0.942. The second-order valence-electron chi connectivity index (χ2n) is 10.6. The summed E-state index contributed by atoms with van der Waals surface area (Å²) >= 11 is 0. The van der Waals surface area contributed by atoms with Crippen molar-refractivity contribution in [3.8, 4) is 0 Å². The Balaban J connectivity index is 1.06. The number of carboxylic acids is 1. The van der Waals surface area contributed by atoms with Crippen LogP contribution >= 0.6 is 0 Å². The zero-order valence-corrected chi connectivity index (χ0v) is 21.0. The SMILES string of the molecule is O=C(O)C(CCN(CCCCc1ccc2c(n1)NCCC2)C1CC1)NC(=O)C1CC1c1ccccc1. The number of carboxylic acid groups (broad SMARTS) is 1. The van der Waals surface area contributed by atoms with Crippen LogP contribution in [0.15, 0.2) is 42.5 Å². The normalized spacial score (nSPS) is 21.4. The molecule has 1 aliphatic heterocycles. The van der Waals surface area contributed by atoms with Crippen LogP contribution < -0.4 is 10.6 Å². The smallest absolute Gasteiger partial charge is 0.326 e. The van der Waals surface area contributed by atoms with Crippen LogP contribution in [0.3, 0.4) is 0 Å². The third-order valence-electron chi connectivity index (χ3n) is 7.82. The van der Waals surface area contributed by atoms with Gasteiger partial charge >= 0.3 is 5.97 Å². The minimum Gasteiger partial charge on any atom is -0.480 e. The average molecular weight is 491 g/mol. The van der Waals surface area contributed by atoms with Crippen molar-refractivity contribution in [3.63, 3.8) is 0 Å². The zero-order chi connectivity index (χ0) is 24.9. The Labute approximate surface area is 213 Å². The maximum absolute atomic E-state index is 12.7. The molecule has 1 amide bonds. The number of fused-ring (bicyclic) bond motifs is 1. The lowest BCUT2D eigenvalue weighted by atomic mass is 10.1. The first-order valence-electron chi connectivity index (χ1n) is 13.6. The molecule has 1 aromatic carbocycles. The molecule has 2 aliphatic carbocycles. The van der Waals surface area contributed by atoms with Gasteiger partial charge in [-0.3, -0.25) is 4.79 Å². The Morgan fingerprint density at radius 3 is 2.72 bits per heavy atom. The van der Waals surface area contributed by atoms with Crippen LogP contribution in [0.2, 0.25) is 0 Å². The van der Waals surface area contributed by atoms with Gasteiger partial charge < -0.3 is 20.6 Å². The van der Waals surface area contributed by atoms with E-state index in [1.54, 1.807) is 0 Å². The average Bonchev–Trinajstić information content (AvgIpc) is 3.82. The van der Waals surface area contributed by atoms with Crippen LogP contribution in [0, 0.1) is 5.92 Å². The Morgan fingerprint density at radius 1 is 1.11 bits per heavy atom. The molecule has 1 aromatic heterocycles. The number of hydrogen-bond acceptors (Lipinski definition) is 5. The van der Waals surface area contributed by atoms with E-state index in [0.29, 0.717) is 19.0 Å². The van der Waals surface area contributed by atoms with Crippen LogP contribution in [0.25, 0.3) is 0 Å². The van der Waals surface area contributed by atoms with Crippen LogP contribution in [0.1, 0.15) is 67.7 Å². The van der Waals surface area contributed by atoms with Crippen molar-refractivity contribution >= 4 is 17.7 Å². The van der Waals surface area contributed by atoms with Gasteiger partial charge in [-0.05, 0) is 87.4 Å².